The van der Waals surface area contributed by atoms with Gasteiger partial charge in [-0.2, -0.15) is 0 Å². The lowest BCUT2D eigenvalue weighted by Gasteiger charge is -2.26. The highest BCUT2D eigenvalue weighted by Gasteiger charge is 2.37. The third-order valence-electron chi connectivity index (χ3n) is 7.19. The van der Waals surface area contributed by atoms with Crippen molar-refractivity contribution in [1.82, 2.24) is 4.57 Å². The average Bonchev–Trinajstić information content (AvgIpc) is 3.44. The topological polar surface area (TPSA) is 90.2 Å². The second-order valence-corrected chi connectivity index (χ2v) is 11.5. The molecule has 0 saturated heterocycles. The Balaban J connectivity index is 1.70. The number of anilines is 1. The van der Waals surface area contributed by atoms with Crippen LogP contribution in [0.2, 0.25) is 0 Å². The van der Waals surface area contributed by atoms with E-state index in [-0.39, 0.29) is 22.6 Å². The van der Waals surface area contributed by atoms with Crippen molar-refractivity contribution in [2.75, 3.05) is 25.2 Å². The number of fused-ring (bicyclic) bond motifs is 2. The Hall–Kier alpha value is -4.28. The lowest BCUT2D eigenvalue weighted by molar-refractivity contribution is -0.138. The summed E-state index contributed by atoms with van der Waals surface area (Å²) in [5, 5.41) is 0. The van der Waals surface area contributed by atoms with Crippen LogP contribution >= 0.6 is 27.3 Å². The fourth-order valence-electron chi connectivity index (χ4n) is 5.33. The first kappa shape index (κ1) is 27.9. The summed E-state index contributed by atoms with van der Waals surface area (Å²) in [5.41, 5.74) is 3.33. The van der Waals surface area contributed by atoms with Crippen molar-refractivity contribution in [2.45, 2.75) is 19.9 Å². The van der Waals surface area contributed by atoms with Gasteiger partial charge in [0, 0.05) is 22.6 Å². The summed E-state index contributed by atoms with van der Waals surface area (Å²) in [6, 6.07) is 21.3. The Morgan fingerprint density at radius 2 is 1.74 bits per heavy atom. The first-order chi connectivity index (χ1) is 20.3. The molecule has 0 aliphatic carbocycles. The van der Waals surface area contributed by atoms with Crippen LogP contribution in [0, 0.1) is 0 Å². The quantitative estimate of drug-likeness (QED) is 0.290. The number of thiazole rings is 1. The molecule has 1 aromatic heterocycles. The number of nitrogens with zero attached hydrogens (tertiary/aromatic N) is 3. The second kappa shape index (κ2) is 11.2. The van der Waals surface area contributed by atoms with Crippen molar-refractivity contribution >= 4 is 56.1 Å². The monoisotopic (exact) mass is 643 g/mol. The molecule has 4 aromatic rings. The summed E-state index contributed by atoms with van der Waals surface area (Å²) in [6.45, 7) is 4.30. The third kappa shape index (κ3) is 4.60. The molecule has 0 fully saturated rings. The smallest absolute Gasteiger partial charge is 0.338 e. The number of amides is 1. The van der Waals surface area contributed by atoms with Crippen molar-refractivity contribution < 1.29 is 19.1 Å². The highest BCUT2D eigenvalue weighted by molar-refractivity contribution is 9.10. The highest BCUT2D eigenvalue weighted by atomic mass is 79.9. The predicted molar refractivity (Wildman–Crippen MR) is 165 cm³/mol. The molecule has 0 radical (unpaired) electrons. The SMILES string of the molecule is CCOC(=O)C1=C(c2ccccc2)N=c2s/c(=C3/C(=O)N(C)c4ccc(Br)cc43)c(=O)n2[C@@H]1c1ccc(OCC)cc1. The first-order valence-corrected chi connectivity index (χ1v) is 15.1. The number of carbonyl (C=O) groups excluding carboxylic acids is 2. The Morgan fingerprint density at radius 1 is 1.00 bits per heavy atom. The van der Waals surface area contributed by atoms with E-state index in [1.807, 2.05) is 79.7 Å². The molecule has 10 heteroatoms. The van der Waals surface area contributed by atoms with Crippen molar-refractivity contribution in [3.05, 3.63) is 119 Å². The Bertz CT molecular complexity index is 1940. The summed E-state index contributed by atoms with van der Waals surface area (Å²) >= 11 is 4.64. The normalized spacial score (nSPS) is 17.1. The second-order valence-electron chi connectivity index (χ2n) is 9.65. The number of aromatic nitrogens is 1. The van der Waals surface area contributed by atoms with Crippen molar-refractivity contribution in [1.29, 1.82) is 0 Å². The van der Waals surface area contributed by atoms with Crippen molar-refractivity contribution in [3.63, 3.8) is 0 Å². The van der Waals surface area contributed by atoms with Crippen LogP contribution in [0.4, 0.5) is 5.69 Å². The summed E-state index contributed by atoms with van der Waals surface area (Å²) in [4.78, 5) is 48.4. The van der Waals surface area contributed by atoms with Gasteiger partial charge in [0.15, 0.2) is 4.80 Å². The number of halogens is 1. The number of ether oxygens (including phenoxy) is 2. The van der Waals surface area contributed by atoms with E-state index in [4.69, 9.17) is 14.5 Å². The predicted octanol–water partition coefficient (Wildman–Crippen LogP) is 4.44. The van der Waals surface area contributed by atoms with Gasteiger partial charge in [-0.25, -0.2) is 9.79 Å². The van der Waals surface area contributed by atoms with Gasteiger partial charge in [-0.15, -0.1) is 0 Å². The van der Waals surface area contributed by atoms with Crippen LogP contribution < -0.4 is 24.5 Å². The summed E-state index contributed by atoms with van der Waals surface area (Å²) < 4.78 is 13.7. The molecular formula is C32H26BrN3O5S. The summed E-state index contributed by atoms with van der Waals surface area (Å²) in [7, 11) is 1.69. The average molecular weight is 645 g/mol. The lowest BCUT2D eigenvalue weighted by atomic mass is 9.93. The molecule has 0 unspecified atom stereocenters. The van der Waals surface area contributed by atoms with Crippen molar-refractivity contribution in [3.8, 4) is 5.75 Å². The van der Waals surface area contributed by atoms with Crippen LogP contribution in [0.15, 0.2) is 92.6 Å². The van der Waals surface area contributed by atoms with Crippen LogP contribution in [-0.4, -0.2) is 36.7 Å². The van der Waals surface area contributed by atoms with E-state index < -0.39 is 17.6 Å². The minimum Gasteiger partial charge on any atom is -0.494 e. The number of rotatable bonds is 6. The zero-order chi connectivity index (χ0) is 29.5. The molecule has 8 nitrogen and oxygen atoms in total. The van der Waals surface area contributed by atoms with Gasteiger partial charge in [0.25, 0.3) is 11.5 Å². The molecule has 3 aromatic carbocycles. The maximum atomic E-state index is 14.4. The van der Waals surface area contributed by atoms with Gasteiger partial charge in [-0.05, 0) is 49.7 Å². The van der Waals surface area contributed by atoms with E-state index in [9.17, 15) is 14.4 Å². The fraction of sp³-hybridized carbons (Fsp3) is 0.188. The minimum absolute atomic E-state index is 0.154. The molecule has 0 bridgehead atoms. The van der Waals surface area contributed by atoms with Crippen LogP contribution in [0.5, 0.6) is 5.75 Å². The Labute approximate surface area is 254 Å². The molecule has 0 saturated carbocycles. The number of likely N-dealkylation sites (N-methyl/N-ethyl adjacent to an activating group) is 1. The lowest BCUT2D eigenvalue weighted by Crippen LogP contribution is -2.40. The van der Waals surface area contributed by atoms with E-state index in [2.05, 4.69) is 15.9 Å². The van der Waals surface area contributed by atoms with Crippen LogP contribution in [0.25, 0.3) is 11.3 Å². The van der Waals surface area contributed by atoms with Gasteiger partial charge in [0.05, 0.1) is 41.8 Å². The van der Waals surface area contributed by atoms with E-state index in [0.717, 1.165) is 15.8 Å². The number of hydrogen-bond acceptors (Lipinski definition) is 7. The number of benzene rings is 3. The largest absolute Gasteiger partial charge is 0.494 e. The summed E-state index contributed by atoms with van der Waals surface area (Å²) in [6.07, 6.45) is 0. The molecule has 212 valence electrons. The fourth-order valence-corrected chi connectivity index (χ4v) is 6.78. The molecule has 42 heavy (non-hydrogen) atoms. The Morgan fingerprint density at radius 3 is 2.43 bits per heavy atom. The number of carbonyl (C=O) groups is 2. The molecule has 0 spiro atoms. The Kier molecular flexibility index (Phi) is 7.42. The van der Waals surface area contributed by atoms with Gasteiger partial charge in [0.1, 0.15) is 10.3 Å². The third-order valence-corrected chi connectivity index (χ3v) is 8.74. The van der Waals surface area contributed by atoms with Crippen LogP contribution in [0.3, 0.4) is 0 Å². The van der Waals surface area contributed by atoms with E-state index >= 15 is 0 Å². The van der Waals surface area contributed by atoms with E-state index in [0.29, 0.717) is 50.8 Å². The molecule has 6 rings (SSSR count). The molecule has 1 atom stereocenters. The molecular weight excluding hydrogens is 618 g/mol. The number of esters is 1. The summed E-state index contributed by atoms with van der Waals surface area (Å²) in [5.74, 6) is -0.177. The molecule has 1 amide bonds. The van der Waals surface area contributed by atoms with Crippen LogP contribution in [0.1, 0.15) is 36.6 Å². The maximum Gasteiger partial charge on any atom is 0.338 e. The first-order valence-electron chi connectivity index (χ1n) is 13.5. The molecule has 3 heterocycles. The van der Waals surface area contributed by atoms with Gasteiger partial charge in [-0.1, -0.05) is 69.7 Å². The maximum absolute atomic E-state index is 14.4. The highest BCUT2D eigenvalue weighted by Crippen LogP contribution is 2.38. The van der Waals surface area contributed by atoms with Gasteiger partial charge in [0.2, 0.25) is 0 Å². The van der Waals surface area contributed by atoms with Gasteiger partial charge < -0.3 is 14.4 Å². The minimum atomic E-state index is -0.850. The van der Waals surface area contributed by atoms with Gasteiger partial charge >= 0.3 is 5.97 Å². The van der Waals surface area contributed by atoms with E-state index in [1.165, 1.54) is 4.57 Å². The van der Waals surface area contributed by atoms with E-state index in [1.54, 1.807) is 18.9 Å². The van der Waals surface area contributed by atoms with Crippen molar-refractivity contribution in [2.24, 2.45) is 4.99 Å². The zero-order valence-corrected chi connectivity index (χ0v) is 25.5. The molecule has 2 aliphatic heterocycles. The van der Waals surface area contributed by atoms with Crippen LogP contribution in [-0.2, 0) is 14.3 Å². The molecule has 2 aliphatic rings. The number of hydrogen-bond donors (Lipinski definition) is 0. The van der Waals surface area contributed by atoms with Gasteiger partial charge in [-0.3, -0.25) is 14.2 Å². The standard InChI is InChI=1S/C32H26BrN3O5S/c1-4-40-21-14-11-19(12-15-21)27-25(31(39)41-5-2)26(18-9-7-6-8-10-18)34-32-36(27)30(38)28(42-32)24-22-17-20(33)13-16-23(22)35(3)29(24)37/h6-17,27H,4-5H2,1-3H3/b28-24+/t27-/m1/s1. The molecule has 0 N–H and O–H groups in total. The zero-order valence-electron chi connectivity index (χ0n) is 23.1.